The molecule has 0 aliphatic rings. The first kappa shape index (κ1) is 16.3. The highest BCUT2D eigenvalue weighted by molar-refractivity contribution is 5.77. The van der Waals surface area contributed by atoms with Gasteiger partial charge in [0, 0.05) is 6.07 Å². The normalized spacial score (nSPS) is 11.0. The minimum atomic E-state index is 0.757. The van der Waals surface area contributed by atoms with Crippen molar-refractivity contribution in [2.45, 2.75) is 46.0 Å². The number of nitriles is 1. The Kier molecular flexibility index (Phi) is 5.00. The zero-order valence-electron chi connectivity index (χ0n) is 14.5. The van der Waals surface area contributed by atoms with Crippen LogP contribution in [0.25, 0.3) is 16.7 Å². The van der Waals surface area contributed by atoms with E-state index in [4.69, 9.17) is 0 Å². The van der Waals surface area contributed by atoms with Gasteiger partial charge in [0.05, 0.1) is 6.54 Å². The predicted octanol–water partition coefficient (Wildman–Crippen LogP) is 4.33. The molecule has 0 aliphatic heterocycles. The number of aromatic amines is 1. The Hall–Kier alpha value is -2.54. The molecular weight excluding hydrogens is 296 g/mol. The van der Waals surface area contributed by atoms with Crippen molar-refractivity contribution in [3.8, 4) is 6.07 Å². The predicted molar refractivity (Wildman–Crippen MR) is 98.2 cm³/mol. The van der Waals surface area contributed by atoms with Crippen LogP contribution in [0.1, 0.15) is 50.7 Å². The molecule has 0 bridgehead atoms. The smallest absolute Gasteiger partial charge is 0.250 e. The lowest BCUT2D eigenvalue weighted by atomic mass is 10.1. The number of H-pyrrole nitrogens is 1. The number of unbranched alkanes of at least 4 members (excludes halogenated alkanes) is 2. The molecule has 0 fully saturated rings. The molecule has 0 saturated heterocycles. The van der Waals surface area contributed by atoms with E-state index in [1.807, 2.05) is 12.1 Å². The van der Waals surface area contributed by atoms with Crippen LogP contribution in [-0.4, -0.2) is 11.5 Å². The van der Waals surface area contributed by atoms with Gasteiger partial charge in [-0.1, -0.05) is 45.2 Å². The van der Waals surface area contributed by atoms with Gasteiger partial charge < -0.3 is 5.32 Å². The number of pyridine rings is 1. The van der Waals surface area contributed by atoms with E-state index in [0.29, 0.717) is 0 Å². The van der Waals surface area contributed by atoms with Crippen LogP contribution >= 0.6 is 0 Å². The van der Waals surface area contributed by atoms with Crippen LogP contribution in [0.4, 0.5) is 5.82 Å². The third-order valence-corrected chi connectivity index (χ3v) is 4.45. The summed E-state index contributed by atoms with van der Waals surface area (Å²) in [4.78, 5) is 3.44. The maximum atomic E-state index is 9.70. The SMILES string of the molecule is CCCCCNc1cc(CCC)c(C#N)c2[nH]c3ccccc3[n+]12. The zero-order chi connectivity index (χ0) is 16.9. The topological polar surface area (TPSA) is 55.7 Å². The van der Waals surface area contributed by atoms with E-state index in [9.17, 15) is 5.26 Å². The average molecular weight is 321 g/mol. The number of benzene rings is 1. The fourth-order valence-corrected chi connectivity index (χ4v) is 3.27. The first-order chi connectivity index (χ1) is 11.8. The molecule has 124 valence electrons. The summed E-state index contributed by atoms with van der Waals surface area (Å²) in [5.41, 5.74) is 4.92. The molecule has 2 aromatic heterocycles. The van der Waals surface area contributed by atoms with E-state index >= 15 is 0 Å². The van der Waals surface area contributed by atoms with Gasteiger partial charge in [0.2, 0.25) is 11.5 Å². The van der Waals surface area contributed by atoms with Crippen molar-refractivity contribution in [3.05, 3.63) is 41.5 Å². The summed E-state index contributed by atoms with van der Waals surface area (Å²) in [6.45, 7) is 5.32. The van der Waals surface area contributed by atoms with Crippen LogP contribution in [0.3, 0.4) is 0 Å². The lowest BCUT2D eigenvalue weighted by Crippen LogP contribution is -2.28. The number of rotatable bonds is 7. The number of nitrogens with one attached hydrogen (secondary N) is 2. The molecule has 0 amide bonds. The van der Waals surface area contributed by atoms with E-state index in [1.165, 1.54) is 12.8 Å². The molecule has 4 heteroatoms. The molecule has 24 heavy (non-hydrogen) atoms. The summed E-state index contributed by atoms with van der Waals surface area (Å²) >= 11 is 0. The van der Waals surface area contributed by atoms with Crippen molar-refractivity contribution in [1.82, 2.24) is 4.98 Å². The number of para-hydroxylation sites is 2. The third kappa shape index (κ3) is 2.94. The van der Waals surface area contributed by atoms with Crippen LogP contribution in [0.2, 0.25) is 0 Å². The molecule has 0 aliphatic carbocycles. The van der Waals surface area contributed by atoms with Gasteiger partial charge >= 0.3 is 0 Å². The molecule has 0 saturated carbocycles. The maximum Gasteiger partial charge on any atom is 0.250 e. The van der Waals surface area contributed by atoms with Gasteiger partial charge in [-0.05, 0) is 30.5 Å². The summed E-state index contributed by atoms with van der Waals surface area (Å²) in [7, 11) is 0. The zero-order valence-corrected chi connectivity index (χ0v) is 14.5. The van der Waals surface area contributed by atoms with Crippen molar-refractivity contribution < 1.29 is 4.40 Å². The molecule has 1 aromatic carbocycles. The standard InChI is InChI=1S/C20H24N4/c1-3-5-8-12-22-19-13-15(9-4-2)16(14-21)20-23-17-10-6-7-11-18(17)24(19)20/h6-7,10-11,13H,3-5,8-9,12H2,1-2H3,(H,22,23)/p+1. The summed E-state index contributed by atoms with van der Waals surface area (Å²) in [5.74, 6) is 1.07. The van der Waals surface area contributed by atoms with Gasteiger partial charge in [0.25, 0.3) is 0 Å². The minimum absolute atomic E-state index is 0.757. The second-order valence-corrected chi connectivity index (χ2v) is 6.25. The lowest BCUT2D eigenvalue weighted by molar-refractivity contribution is -0.465. The highest BCUT2D eigenvalue weighted by Gasteiger charge is 2.21. The molecule has 0 unspecified atom stereocenters. The van der Waals surface area contributed by atoms with Crippen molar-refractivity contribution >= 4 is 22.5 Å². The Morgan fingerprint density at radius 3 is 2.75 bits per heavy atom. The molecule has 2 N–H and O–H groups in total. The van der Waals surface area contributed by atoms with E-state index in [2.05, 4.69) is 52.8 Å². The van der Waals surface area contributed by atoms with Gasteiger partial charge in [-0.15, -0.1) is 0 Å². The average Bonchev–Trinajstić information content (AvgIpc) is 2.98. The summed E-state index contributed by atoms with van der Waals surface area (Å²) in [5, 5.41) is 13.3. The van der Waals surface area contributed by atoms with Gasteiger partial charge in [0.1, 0.15) is 22.7 Å². The second-order valence-electron chi connectivity index (χ2n) is 6.25. The molecule has 3 rings (SSSR count). The largest absolute Gasteiger partial charge is 0.305 e. The molecule has 0 radical (unpaired) electrons. The highest BCUT2D eigenvalue weighted by Crippen LogP contribution is 2.21. The first-order valence-electron chi connectivity index (χ1n) is 8.92. The lowest BCUT2D eigenvalue weighted by Gasteiger charge is -2.08. The fourth-order valence-electron chi connectivity index (χ4n) is 3.27. The number of imidazole rings is 1. The van der Waals surface area contributed by atoms with E-state index in [1.54, 1.807) is 0 Å². The number of fused-ring (bicyclic) bond motifs is 3. The Labute approximate surface area is 143 Å². The van der Waals surface area contributed by atoms with Gasteiger partial charge in [-0.25, -0.2) is 0 Å². The molecule has 2 heterocycles. The van der Waals surface area contributed by atoms with Crippen molar-refractivity contribution in [1.29, 1.82) is 5.26 Å². The number of hydrogen-bond acceptors (Lipinski definition) is 2. The van der Waals surface area contributed by atoms with Gasteiger partial charge in [0.15, 0.2) is 0 Å². The Balaban J connectivity index is 2.18. The van der Waals surface area contributed by atoms with Crippen molar-refractivity contribution in [2.75, 3.05) is 11.9 Å². The van der Waals surface area contributed by atoms with Gasteiger partial charge in [-0.2, -0.15) is 9.66 Å². The molecule has 3 aromatic rings. The monoisotopic (exact) mass is 321 g/mol. The molecule has 0 atom stereocenters. The summed E-state index contributed by atoms with van der Waals surface area (Å²) < 4.78 is 2.15. The summed E-state index contributed by atoms with van der Waals surface area (Å²) in [6, 6.07) is 12.8. The van der Waals surface area contributed by atoms with Crippen LogP contribution in [-0.2, 0) is 6.42 Å². The maximum absolute atomic E-state index is 9.70. The Bertz CT molecular complexity index is 886. The number of anilines is 1. The number of hydrogen-bond donors (Lipinski definition) is 2. The Morgan fingerprint density at radius 1 is 1.17 bits per heavy atom. The van der Waals surface area contributed by atoms with Gasteiger partial charge in [-0.3, -0.25) is 4.98 Å². The van der Waals surface area contributed by atoms with E-state index < -0.39 is 0 Å². The quantitative estimate of drug-likeness (QED) is 0.502. The first-order valence-corrected chi connectivity index (χ1v) is 8.92. The third-order valence-electron chi connectivity index (χ3n) is 4.45. The minimum Gasteiger partial charge on any atom is -0.305 e. The van der Waals surface area contributed by atoms with Crippen LogP contribution in [0.5, 0.6) is 0 Å². The van der Waals surface area contributed by atoms with Crippen molar-refractivity contribution in [2.24, 2.45) is 0 Å². The molecular formula is C20H25N4+. The van der Waals surface area contributed by atoms with Crippen LogP contribution in [0.15, 0.2) is 30.3 Å². The van der Waals surface area contributed by atoms with Crippen LogP contribution in [0, 0.1) is 11.3 Å². The Morgan fingerprint density at radius 2 is 2.00 bits per heavy atom. The van der Waals surface area contributed by atoms with Crippen molar-refractivity contribution in [3.63, 3.8) is 0 Å². The van der Waals surface area contributed by atoms with Crippen LogP contribution < -0.4 is 9.72 Å². The fraction of sp³-hybridized carbons (Fsp3) is 0.400. The highest BCUT2D eigenvalue weighted by atomic mass is 15.1. The molecule has 0 spiro atoms. The summed E-state index contributed by atoms with van der Waals surface area (Å²) in [6.07, 6.45) is 5.54. The van der Waals surface area contributed by atoms with E-state index in [-0.39, 0.29) is 0 Å². The number of aryl methyl sites for hydroxylation is 1. The molecule has 4 nitrogen and oxygen atoms in total. The number of aromatic nitrogens is 2. The van der Waals surface area contributed by atoms with E-state index in [0.717, 1.165) is 59.4 Å². The number of nitrogens with zero attached hydrogens (tertiary/aromatic N) is 2. The second kappa shape index (κ2) is 7.35.